The van der Waals surface area contributed by atoms with E-state index in [9.17, 15) is 14.5 Å². The van der Waals surface area contributed by atoms with Crippen molar-refractivity contribution in [3.05, 3.63) is 41.3 Å². The molecule has 2 N–H and O–H groups in total. The van der Waals surface area contributed by atoms with Crippen LogP contribution in [0.1, 0.15) is 32.6 Å². The van der Waals surface area contributed by atoms with Gasteiger partial charge in [0.05, 0.1) is 19.8 Å². The number of rotatable bonds is 12. The van der Waals surface area contributed by atoms with Crippen LogP contribution >= 0.6 is 12.1 Å². The lowest BCUT2D eigenvalue weighted by atomic mass is 9.85. The maximum absolute atomic E-state index is 11.8. The van der Waals surface area contributed by atoms with Gasteiger partial charge in [0.1, 0.15) is 18.0 Å². The van der Waals surface area contributed by atoms with E-state index in [0.29, 0.717) is 31.6 Å². The second-order valence-electron chi connectivity index (χ2n) is 7.46. The van der Waals surface area contributed by atoms with E-state index in [0.717, 1.165) is 37.8 Å². The van der Waals surface area contributed by atoms with Gasteiger partial charge in [0.15, 0.2) is 0 Å². The summed E-state index contributed by atoms with van der Waals surface area (Å²) in [5.74, 6) is 1.16. The topological polar surface area (TPSA) is 125 Å². The molecule has 1 aromatic rings. The van der Waals surface area contributed by atoms with Crippen LogP contribution in [0.2, 0.25) is 0 Å². The molecule has 11 heteroatoms. The Bertz CT molecular complexity index is 761. The highest BCUT2D eigenvalue weighted by atomic mass is 32.2. The number of benzene rings is 1. The molecule has 2 atom stereocenters. The zero-order valence-electron chi connectivity index (χ0n) is 18.7. The summed E-state index contributed by atoms with van der Waals surface area (Å²) in [6.07, 6.45) is 7.34. The summed E-state index contributed by atoms with van der Waals surface area (Å²) in [5.41, 5.74) is 0.237. The Morgan fingerprint density at radius 2 is 1.82 bits per heavy atom. The fourth-order valence-corrected chi connectivity index (χ4v) is 3.51. The Balaban J connectivity index is 1.42. The number of hydrogen-bond acceptors (Lipinski definition) is 10. The quantitative estimate of drug-likeness (QED) is 0.107. The number of carbonyl (C=O) groups is 2. The van der Waals surface area contributed by atoms with Crippen LogP contribution in [-0.2, 0) is 14.2 Å². The molecule has 0 spiro atoms. The monoisotopic (exact) mass is 481 g/mol. The summed E-state index contributed by atoms with van der Waals surface area (Å²) < 4.78 is 26.0. The predicted molar refractivity (Wildman–Crippen MR) is 125 cm³/mol. The number of nitrogens with zero attached hydrogens (tertiary/aromatic N) is 1. The lowest BCUT2D eigenvalue weighted by Crippen LogP contribution is -2.27. The maximum Gasteiger partial charge on any atom is 0.513 e. The summed E-state index contributed by atoms with van der Waals surface area (Å²) in [6.45, 7) is 3.68. The average Bonchev–Trinajstić information content (AvgIpc) is 2.80. The van der Waals surface area contributed by atoms with E-state index in [-0.39, 0.29) is 24.7 Å². The van der Waals surface area contributed by atoms with Gasteiger partial charge < -0.3 is 18.9 Å². The van der Waals surface area contributed by atoms with Crippen LogP contribution in [0.3, 0.4) is 0 Å². The third kappa shape index (κ3) is 11.7. The van der Waals surface area contributed by atoms with Crippen molar-refractivity contribution in [1.82, 2.24) is 9.44 Å². The Kier molecular flexibility index (Phi) is 13.0. The van der Waals surface area contributed by atoms with Gasteiger partial charge in [-0.1, -0.05) is 19.1 Å². The smallest absolute Gasteiger partial charge is 0.449 e. The molecule has 10 nitrogen and oxygen atoms in total. The third-order valence-corrected chi connectivity index (χ3v) is 5.66. The molecule has 0 radical (unpaired) electrons. The van der Waals surface area contributed by atoms with Gasteiger partial charge in [0.2, 0.25) is 0 Å². The first-order chi connectivity index (χ1) is 16.1. The first kappa shape index (κ1) is 26.6. The maximum atomic E-state index is 11.8. The summed E-state index contributed by atoms with van der Waals surface area (Å²) in [6, 6.07) is 5.74. The fourth-order valence-electron chi connectivity index (χ4n) is 3.11. The minimum absolute atomic E-state index is 0.0277. The molecule has 0 aromatic heterocycles. The second-order valence-corrected chi connectivity index (χ2v) is 8.16. The Morgan fingerprint density at radius 3 is 2.58 bits per heavy atom. The number of ether oxygens (including phenoxy) is 4. The van der Waals surface area contributed by atoms with E-state index in [2.05, 4.69) is 33.7 Å². The second kappa shape index (κ2) is 16.1. The highest BCUT2D eigenvalue weighted by molar-refractivity contribution is 7.96. The highest BCUT2D eigenvalue weighted by Crippen LogP contribution is 2.25. The Morgan fingerprint density at radius 1 is 1.06 bits per heavy atom. The van der Waals surface area contributed by atoms with Gasteiger partial charge in [-0.2, -0.15) is 0 Å². The molecule has 1 aliphatic carbocycles. The van der Waals surface area contributed by atoms with Crippen LogP contribution in [-0.4, -0.2) is 45.2 Å². The van der Waals surface area contributed by atoms with Crippen LogP contribution in [0.5, 0.6) is 5.75 Å². The normalized spacial score (nSPS) is 18.9. The number of amides is 1. The molecule has 33 heavy (non-hydrogen) atoms. The Labute approximate surface area is 198 Å². The lowest BCUT2D eigenvalue weighted by Gasteiger charge is -2.24. The van der Waals surface area contributed by atoms with E-state index in [1.165, 1.54) is 24.3 Å². The van der Waals surface area contributed by atoms with Gasteiger partial charge in [-0.25, -0.2) is 14.3 Å². The van der Waals surface area contributed by atoms with Gasteiger partial charge in [-0.05, 0) is 67.0 Å². The molecule has 1 aromatic carbocycles. The number of nitrogens with one attached hydrogen (secondary N) is 2. The summed E-state index contributed by atoms with van der Waals surface area (Å²) in [4.78, 5) is 33.7. The Hall–Kier alpha value is -2.63. The molecule has 0 fully saturated rings. The van der Waals surface area contributed by atoms with E-state index in [1.807, 2.05) is 0 Å². The van der Waals surface area contributed by atoms with Crippen molar-refractivity contribution in [1.29, 1.82) is 0 Å². The van der Waals surface area contributed by atoms with Crippen LogP contribution in [0.4, 0.5) is 15.3 Å². The summed E-state index contributed by atoms with van der Waals surface area (Å²) >= 11 is 1.03. The van der Waals surface area contributed by atoms with Crippen LogP contribution in [0.15, 0.2) is 41.6 Å². The molecular formula is C22H31N3O7S. The lowest BCUT2D eigenvalue weighted by molar-refractivity contribution is 0.0539. The average molecular weight is 482 g/mol. The van der Waals surface area contributed by atoms with E-state index in [4.69, 9.17) is 18.9 Å². The van der Waals surface area contributed by atoms with Gasteiger partial charge in [0, 0.05) is 18.7 Å². The molecule has 0 bridgehead atoms. The van der Waals surface area contributed by atoms with Gasteiger partial charge in [0.25, 0.3) is 0 Å². The van der Waals surface area contributed by atoms with Crippen molar-refractivity contribution in [2.45, 2.75) is 32.6 Å². The van der Waals surface area contributed by atoms with Crippen molar-refractivity contribution in [3.63, 3.8) is 0 Å². The van der Waals surface area contributed by atoms with Gasteiger partial charge >= 0.3 is 12.2 Å². The molecule has 2 unspecified atom stereocenters. The molecule has 0 saturated heterocycles. The highest BCUT2D eigenvalue weighted by Gasteiger charge is 2.19. The number of hydrogen-bond donors (Lipinski definition) is 2. The first-order valence-electron chi connectivity index (χ1n) is 10.9. The zero-order valence-corrected chi connectivity index (χ0v) is 19.5. The molecule has 182 valence electrons. The van der Waals surface area contributed by atoms with Crippen LogP contribution in [0.25, 0.3) is 0 Å². The fraction of sp³-hybridized carbons (Fsp3) is 0.545. The zero-order chi connectivity index (χ0) is 23.7. The van der Waals surface area contributed by atoms with E-state index < -0.39 is 12.2 Å². The van der Waals surface area contributed by atoms with Gasteiger partial charge in [-0.3, -0.25) is 4.72 Å². The molecule has 0 heterocycles. The largest absolute Gasteiger partial charge is 0.513 e. The number of carbonyl (C=O) groups excluding carboxylic acids is 2. The van der Waals surface area contributed by atoms with Crippen LogP contribution in [0, 0.1) is 16.7 Å². The van der Waals surface area contributed by atoms with Crippen molar-refractivity contribution >= 4 is 30.1 Å². The van der Waals surface area contributed by atoms with Crippen molar-refractivity contribution in [2.24, 2.45) is 17.0 Å². The standard InChI is InChI=1S/C22H31N3O7S/c1-17-6-4-2-3-5-7-18(17)16-31-21(26)25-33-23-12-13-29-14-15-30-22(27)32-20-10-8-19(24-28)9-11-20/h2-3,8-11,17-18,23H,4-7,12-16H2,1H3,(H,25,26)/b3-2-. The van der Waals surface area contributed by atoms with Crippen LogP contribution < -0.4 is 14.2 Å². The molecule has 1 aliphatic rings. The van der Waals surface area contributed by atoms with Crippen molar-refractivity contribution < 1.29 is 28.5 Å². The molecular weight excluding hydrogens is 450 g/mol. The number of allylic oxidation sites excluding steroid dienone is 2. The van der Waals surface area contributed by atoms with E-state index in [1.54, 1.807) is 0 Å². The minimum Gasteiger partial charge on any atom is -0.449 e. The van der Waals surface area contributed by atoms with Crippen molar-refractivity contribution in [3.8, 4) is 5.75 Å². The first-order valence-corrected chi connectivity index (χ1v) is 11.7. The minimum atomic E-state index is -0.868. The van der Waals surface area contributed by atoms with Gasteiger partial charge in [-0.15, -0.1) is 4.91 Å². The summed E-state index contributed by atoms with van der Waals surface area (Å²) in [5, 5.41) is 2.76. The molecule has 0 saturated carbocycles. The molecule has 0 aliphatic heterocycles. The van der Waals surface area contributed by atoms with E-state index >= 15 is 0 Å². The van der Waals surface area contributed by atoms with Crippen molar-refractivity contribution in [2.75, 3.05) is 33.0 Å². The third-order valence-electron chi connectivity index (χ3n) is 5.04. The molecule has 2 rings (SSSR count). The summed E-state index contributed by atoms with van der Waals surface area (Å²) in [7, 11) is 0. The predicted octanol–water partition coefficient (Wildman–Crippen LogP) is 4.88. The molecule has 1 amide bonds. The number of nitroso groups, excluding NO2 is 1. The SMILES string of the molecule is CC1CC/C=C\CCC1COC(=O)NSNCCOCCOC(=O)Oc1ccc(N=O)cc1.